The van der Waals surface area contributed by atoms with Crippen molar-refractivity contribution in [2.24, 2.45) is 5.73 Å². The Morgan fingerprint density at radius 1 is 1.40 bits per heavy atom. The van der Waals surface area contributed by atoms with Crippen molar-refractivity contribution < 1.29 is 9.32 Å². The summed E-state index contributed by atoms with van der Waals surface area (Å²) >= 11 is 0. The van der Waals surface area contributed by atoms with Gasteiger partial charge in [-0.25, -0.2) is 0 Å². The van der Waals surface area contributed by atoms with Crippen LogP contribution < -0.4 is 5.73 Å². The number of rotatable bonds is 5. The summed E-state index contributed by atoms with van der Waals surface area (Å²) < 4.78 is 5.33. The first-order chi connectivity index (χ1) is 9.71. The maximum Gasteiger partial charge on any atom is 0.227 e. The molecule has 112 valence electrons. The lowest BCUT2D eigenvalue weighted by atomic mass is 10.00. The van der Waals surface area contributed by atoms with Gasteiger partial charge in [-0.05, 0) is 25.7 Å². The van der Waals surface area contributed by atoms with Gasteiger partial charge in [0, 0.05) is 31.1 Å². The van der Waals surface area contributed by atoms with Crippen molar-refractivity contribution >= 4 is 5.91 Å². The number of piperidine rings is 1. The van der Waals surface area contributed by atoms with E-state index in [1.54, 1.807) is 0 Å². The molecule has 2 N–H and O–H groups in total. The quantitative estimate of drug-likeness (QED) is 0.890. The lowest BCUT2D eigenvalue weighted by Gasteiger charge is -2.35. The zero-order valence-corrected chi connectivity index (χ0v) is 12.5. The number of nitrogens with two attached hydrogens (primary N) is 1. The molecule has 0 bridgehead atoms. The summed E-state index contributed by atoms with van der Waals surface area (Å²) in [5.41, 5.74) is 7.69. The van der Waals surface area contributed by atoms with Gasteiger partial charge in [-0.15, -0.1) is 0 Å². The number of carbonyl (C=O) groups excluding carboxylic acids is 1. The third-order valence-electron chi connectivity index (χ3n) is 4.15. The molecule has 5 heteroatoms. The van der Waals surface area contributed by atoms with E-state index in [4.69, 9.17) is 10.3 Å². The van der Waals surface area contributed by atoms with Crippen LogP contribution in [0, 0.1) is 0 Å². The van der Waals surface area contributed by atoms with Crippen LogP contribution >= 0.6 is 0 Å². The van der Waals surface area contributed by atoms with Gasteiger partial charge in [0.05, 0.1) is 12.1 Å². The third-order valence-corrected chi connectivity index (χ3v) is 4.15. The van der Waals surface area contributed by atoms with E-state index < -0.39 is 0 Å². The first kappa shape index (κ1) is 15.0. The molecular formula is C15H25N3O2. The molecule has 2 rings (SSSR count). The number of hydrogen-bond acceptors (Lipinski definition) is 4. The van der Waals surface area contributed by atoms with Gasteiger partial charge in [0.15, 0.2) is 0 Å². The molecule has 1 aromatic heterocycles. The van der Waals surface area contributed by atoms with Crippen molar-refractivity contribution in [3.63, 3.8) is 0 Å². The second-order valence-electron chi connectivity index (χ2n) is 5.39. The van der Waals surface area contributed by atoms with Gasteiger partial charge in [0.1, 0.15) is 5.76 Å². The van der Waals surface area contributed by atoms with Crippen LogP contribution in [0.4, 0.5) is 0 Å². The lowest BCUT2D eigenvalue weighted by Crippen LogP contribution is -2.48. The SMILES string of the molecule is CCc1noc(CC)c1CC(=O)N1CCCC[C@@H]1CN. The van der Waals surface area contributed by atoms with Crippen molar-refractivity contribution in [3.05, 3.63) is 17.0 Å². The maximum absolute atomic E-state index is 12.6. The highest BCUT2D eigenvalue weighted by Crippen LogP contribution is 2.21. The minimum atomic E-state index is 0.160. The average molecular weight is 279 g/mol. The molecule has 0 radical (unpaired) electrons. The van der Waals surface area contributed by atoms with Crippen LogP contribution in [0.5, 0.6) is 0 Å². The van der Waals surface area contributed by atoms with Crippen LogP contribution in [0.3, 0.4) is 0 Å². The van der Waals surface area contributed by atoms with Crippen LogP contribution in [0.2, 0.25) is 0 Å². The number of nitrogens with zero attached hydrogens (tertiary/aromatic N) is 2. The molecular weight excluding hydrogens is 254 g/mol. The molecule has 1 fully saturated rings. The van der Waals surface area contributed by atoms with Gasteiger partial charge < -0.3 is 15.2 Å². The van der Waals surface area contributed by atoms with Crippen molar-refractivity contribution in [3.8, 4) is 0 Å². The highest BCUT2D eigenvalue weighted by molar-refractivity contribution is 5.79. The summed E-state index contributed by atoms with van der Waals surface area (Å²) in [6.07, 6.45) is 5.23. The molecule has 1 aromatic rings. The van der Waals surface area contributed by atoms with Gasteiger partial charge in [-0.1, -0.05) is 19.0 Å². The highest BCUT2D eigenvalue weighted by atomic mass is 16.5. The zero-order chi connectivity index (χ0) is 14.5. The van der Waals surface area contributed by atoms with E-state index in [0.29, 0.717) is 13.0 Å². The molecule has 20 heavy (non-hydrogen) atoms. The fourth-order valence-electron chi connectivity index (χ4n) is 2.96. The Labute approximate surface area is 120 Å². The molecule has 1 aliphatic heterocycles. The molecule has 0 spiro atoms. The minimum absolute atomic E-state index is 0.160. The summed E-state index contributed by atoms with van der Waals surface area (Å²) in [5.74, 6) is 1.00. The standard InChI is InChI=1S/C15H25N3O2/c1-3-13-12(14(4-2)20-17-13)9-15(19)18-8-6-5-7-11(18)10-16/h11H,3-10,16H2,1-2H3/t11-/m1/s1. The Balaban J connectivity index is 2.12. The second-order valence-corrected chi connectivity index (χ2v) is 5.39. The number of aromatic nitrogens is 1. The number of likely N-dealkylation sites (tertiary alicyclic amines) is 1. The third kappa shape index (κ3) is 3.03. The van der Waals surface area contributed by atoms with Gasteiger partial charge >= 0.3 is 0 Å². The number of amides is 1. The van der Waals surface area contributed by atoms with Crippen LogP contribution in [0.1, 0.15) is 50.1 Å². The van der Waals surface area contributed by atoms with E-state index in [9.17, 15) is 4.79 Å². The fourth-order valence-corrected chi connectivity index (χ4v) is 2.96. The molecule has 1 saturated heterocycles. The van der Waals surface area contributed by atoms with E-state index in [1.165, 1.54) is 6.42 Å². The predicted molar refractivity (Wildman–Crippen MR) is 77.4 cm³/mol. The maximum atomic E-state index is 12.6. The van der Waals surface area contributed by atoms with Crippen LogP contribution in [-0.4, -0.2) is 35.1 Å². The van der Waals surface area contributed by atoms with E-state index in [0.717, 1.165) is 49.2 Å². The van der Waals surface area contributed by atoms with Gasteiger partial charge in [0.25, 0.3) is 0 Å². The van der Waals surface area contributed by atoms with E-state index in [-0.39, 0.29) is 11.9 Å². The molecule has 0 saturated carbocycles. The molecule has 1 aliphatic rings. The summed E-state index contributed by atoms with van der Waals surface area (Å²) in [7, 11) is 0. The van der Waals surface area contributed by atoms with Crippen LogP contribution in [0.25, 0.3) is 0 Å². The molecule has 0 unspecified atom stereocenters. The summed E-state index contributed by atoms with van der Waals surface area (Å²) in [6.45, 7) is 5.44. The van der Waals surface area contributed by atoms with Gasteiger partial charge in [-0.2, -0.15) is 0 Å². The lowest BCUT2D eigenvalue weighted by molar-refractivity contribution is -0.133. The molecule has 0 aromatic carbocycles. The Bertz CT molecular complexity index is 434. The Hall–Kier alpha value is -1.36. The van der Waals surface area contributed by atoms with Gasteiger partial charge in [-0.3, -0.25) is 4.79 Å². The Morgan fingerprint density at radius 2 is 2.20 bits per heavy atom. The molecule has 0 aliphatic carbocycles. The van der Waals surface area contributed by atoms with Gasteiger partial charge in [0.2, 0.25) is 5.91 Å². The second kappa shape index (κ2) is 6.88. The number of carbonyl (C=O) groups is 1. The largest absolute Gasteiger partial charge is 0.361 e. The van der Waals surface area contributed by atoms with Crippen LogP contribution in [0.15, 0.2) is 4.52 Å². The average Bonchev–Trinajstić information content (AvgIpc) is 2.88. The summed E-state index contributed by atoms with van der Waals surface area (Å²) in [6, 6.07) is 0.200. The first-order valence-electron chi connectivity index (χ1n) is 7.67. The van der Waals surface area contributed by atoms with Crippen molar-refractivity contribution in [2.45, 2.75) is 58.4 Å². The van der Waals surface area contributed by atoms with E-state index >= 15 is 0 Å². The summed E-state index contributed by atoms with van der Waals surface area (Å²) in [5, 5.41) is 4.07. The number of hydrogen-bond donors (Lipinski definition) is 1. The summed E-state index contributed by atoms with van der Waals surface area (Å²) in [4.78, 5) is 14.5. The Morgan fingerprint density at radius 3 is 2.85 bits per heavy atom. The van der Waals surface area contributed by atoms with Crippen molar-refractivity contribution in [1.29, 1.82) is 0 Å². The predicted octanol–water partition coefficient (Wildman–Crippen LogP) is 1.68. The minimum Gasteiger partial charge on any atom is -0.361 e. The first-order valence-corrected chi connectivity index (χ1v) is 7.67. The van der Waals surface area contributed by atoms with E-state index in [2.05, 4.69) is 5.16 Å². The molecule has 2 heterocycles. The highest BCUT2D eigenvalue weighted by Gasteiger charge is 2.27. The van der Waals surface area contributed by atoms with Crippen molar-refractivity contribution in [2.75, 3.05) is 13.1 Å². The smallest absolute Gasteiger partial charge is 0.227 e. The monoisotopic (exact) mass is 279 g/mol. The Kier molecular flexibility index (Phi) is 5.17. The molecule has 1 atom stereocenters. The molecule has 5 nitrogen and oxygen atoms in total. The fraction of sp³-hybridized carbons (Fsp3) is 0.733. The zero-order valence-electron chi connectivity index (χ0n) is 12.5. The van der Waals surface area contributed by atoms with Crippen molar-refractivity contribution in [1.82, 2.24) is 10.1 Å². The normalized spacial score (nSPS) is 19.4. The van der Waals surface area contributed by atoms with E-state index in [1.807, 2.05) is 18.7 Å². The number of aryl methyl sites for hydroxylation is 2. The van der Waals surface area contributed by atoms with Crippen LogP contribution in [-0.2, 0) is 24.1 Å². The topological polar surface area (TPSA) is 72.4 Å². The molecule has 1 amide bonds.